The number of carbonyl (C=O) groups is 3. The number of nitrogens with one attached hydrogen (secondary N) is 2. The van der Waals surface area contributed by atoms with Gasteiger partial charge in [0.1, 0.15) is 12.4 Å². The van der Waals surface area contributed by atoms with E-state index in [1.54, 1.807) is 6.92 Å². The van der Waals surface area contributed by atoms with Crippen LogP contribution in [0.1, 0.15) is 40.7 Å². The lowest BCUT2D eigenvalue weighted by Gasteiger charge is -2.16. The lowest BCUT2D eigenvalue weighted by atomic mass is 9.98. The SMILES string of the molecule is CC(CNC(=O)OCC1c2ccccc2-c2ccccc21)CC(=O)Nc1ccc(C(=O)O)cc1F. The van der Waals surface area contributed by atoms with Crippen molar-refractivity contribution in [3.63, 3.8) is 0 Å². The summed E-state index contributed by atoms with van der Waals surface area (Å²) >= 11 is 0. The Morgan fingerprint density at radius 2 is 1.63 bits per heavy atom. The van der Waals surface area contributed by atoms with Gasteiger partial charge in [0.25, 0.3) is 0 Å². The Balaban J connectivity index is 1.25. The smallest absolute Gasteiger partial charge is 0.407 e. The summed E-state index contributed by atoms with van der Waals surface area (Å²) < 4.78 is 19.5. The molecule has 0 fully saturated rings. The molecule has 1 aliphatic carbocycles. The van der Waals surface area contributed by atoms with Crippen LogP contribution >= 0.6 is 0 Å². The minimum atomic E-state index is -1.25. The first-order valence-corrected chi connectivity index (χ1v) is 11.2. The predicted molar refractivity (Wildman–Crippen MR) is 129 cm³/mol. The van der Waals surface area contributed by atoms with Crippen LogP contribution in [-0.2, 0) is 9.53 Å². The first kappa shape index (κ1) is 23.9. The number of ether oxygens (including phenoxy) is 1. The molecule has 0 bridgehead atoms. The first-order chi connectivity index (χ1) is 16.8. The number of carboxylic acid groups (broad SMARTS) is 1. The molecular weight excluding hydrogens is 451 g/mol. The molecule has 2 amide bonds. The zero-order valence-electron chi connectivity index (χ0n) is 19.1. The van der Waals surface area contributed by atoms with Gasteiger partial charge >= 0.3 is 12.1 Å². The fraction of sp³-hybridized carbons (Fsp3) is 0.222. The molecule has 4 rings (SSSR count). The van der Waals surface area contributed by atoms with Crippen molar-refractivity contribution in [3.8, 4) is 11.1 Å². The number of benzene rings is 3. The summed E-state index contributed by atoms with van der Waals surface area (Å²) in [6, 6.07) is 19.4. The van der Waals surface area contributed by atoms with Gasteiger partial charge in [0.2, 0.25) is 5.91 Å². The highest BCUT2D eigenvalue weighted by atomic mass is 19.1. The van der Waals surface area contributed by atoms with Crippen LogP contribution in [0.2, 0.25) is 0 Å². The van der Waals surface area contributed by atoms with Crippen molar-refractivity contribution >= 4 is 23.7 Å². The number of hydrogen-bond acceptors (Lipinski definition) is 4. The molecule has 0 heterocycles. The Bertz CT molecular complexity index is 1230. The van der Waals surface area contributed by atoms with E-state index in [1.807, 2.05) is 36.4 Å². The van der Waals surface area contributed by atoms with E-state index in [-0.39, 0.29) is 42.7 Å². The van der Waals surface area contributed by atoms with E-state index in [9.17, 15) is 18.8 Å². The third-order valence-corrected chi connectivity index (χ3v) is 5.96. The second kappa shape index (κ2) is 10.4. The number of carboxylic acids is 1. The quantitative estimate of drug-likeness (QED) is 0.423. The number of amides is 2. The third-order valence-electron chi connectivity index (χ3n) is 5.96. The maximum atomic E-state index is 14.0. The highest BCUT2D eigenvalue weighted by Gasteiger charge is 2.29. The van der Waals surface area contributed by atoms with Gasteiger partial charge in [0.15, 0.2) is 0 Å². The monoisotopic (exact) mass is 476 g/mol. The van der Waals surface area contributed by atoms with E-state index in [0.29, 0.717) is 0 Å². The molecule has 0 aliphatic heterocycles. The Morgan fingerprint density at radius 1 is 1.00 bits per heavy atom. The molecule has 0 aromatic heterocycles. The van der Waals surface area contributed by atoms with Gasteiger partial charge in [-0.3, -0.25) is 4.79 Å². The fourth-order valence-corrected chi connectivity index (χ4v) is 4.25. The van der Waals surface area contributed by atoms with Crippen molar-refractivity contribution < 1.29 is 28.6 Å². The molecule has 1 aliphatic rings. The van der Waals surface area contributed by atoms with E-state index >= 15 is 0 Å². The van der Waals surface area contributed by atoms with Crippen molar-refractivity contribution in [1.82, 2.24) is 5.32 Å². The molecule has 3 N–H and O–H groups in total. The Morgan fingerprint density at radius 3 is 2.23 bits per heavy atom. The first-order valence-electron chi connectivity index (χ1n) is 11.2. The van der Waals surface area contributed by atoms with Crippen LogP contribution in [0.5, 0.6) is 0 Å². The van der Waals surface area contributed by atoms with E-state index < -0.39 is 23.8 Å². The van der Waals surface area contributed by atoms with Crippen molar-refractivity contribution in [2.24, 2.45) is 5.92 Å². The normalized spacial score (nSPS) is 12.9. The fourth-order valence-electron chi connectivity index (χ4n) is 4.25. The molecule has 7 nitrogen and oxygen atoms in total. The second-order valence-corrected chi connectivity index (χ2v) is 8.56. The third kappa shape index (κ3) is 5.48. The van der Waals surface area contributed by atoms with Crippen LogP contribution in [0.25, 0.3) is 11.1 Å². The van der Waals surface area contributed by atoms with Crippen LogP contribution in [0.3, 0.4) is 0 Å². The summed E-state index contributed by atoms with van der Waals surface area (Å²) in [5.74, 6) is -2.82. The molecule has 1 unspecified atom stereocenters. The molecule has 0 saturated heterocycles. The summed E-state index contributed by atoms with van der Waals surface area (Å²) in [5, 5.41) is 14.0. The number of halogens is 1. The molecule has 0 radical (unpaired) electrons. The van der Waals surface area contributed by atoms with Gasteiger partial charge in [-0.25, -0.2) is 14.0 Å². The molecule has 0 spiro atoms. The maximum Gasteiger partial charge on any atom is 0.407 e. The maximum absolute atomic E-state index is 14.0. The van der Waals surface area contributed by atoms with Gasteiger partial charge in [0.05, 0.1) is 11.3 Å². The van der Waals surface area contributed by atoms with Crippen LogP contribution < -0.4 is 10.6 Å². The molecule has 1 atom stereocenters. The van der Waals surface area contributed by atoms with Crippen LogP contribution in [-0.4, -0.2) is 36.2 Å². The zero-order valence-corrected chi connectivity index (χ0v) is 19.1. The van der Waals surface area contributed by atoms with Gasteiger partial charge in [-0.15, -0.1) is 0 Å². The summed E-state index contributed by atoms with van der Waals surface area (Å²) in [5.41, 5.74) is 4.22. The summed E-state index contributed by atoms with van der Waals surface area (Å²) in [7, 11) is 0. The molecule has 180 valence electrons. The predicted octanol–water partition coefficient (Wildman–Crippen LogP) is 5.03. The summed E-state index contributed by atoms with van der Waals surface area (Å²) in [6.07, 6.45) is -0.543. The number of rotatable bonds is 8. The number of carbonyl (C=O) groups excluding carboxylic acids is 2. The summed E-state index contributed by atoms with van der Waals surface area (Å²) in [6.45, 7) is 2.16. The van der Waals surface area contributed by atoms with Crippen molar-refractivity contribution in [2.75, 3.05) is 18.5 Å². The van der Waals surface area contributed by atoms with Gasteiger partial charge in [-0.2, -0.15) is 0 Å². The van der Waals surface area contributed by atoms with E-state index in [0.717, 1.165) is 28.3 Å². The average molecular weight is 477 g/mol. The van der Waals surface area contributed by atoms with Crippen molar-refractivity contribution in [2.45, 2.75) is 19.3 Å². The Hall–Kier alpha value is -4.20. The molecule has 35 heavy (non-hydrogen) atoms. The van der Waals surface area contributed by atoms with Crippen molar-refractivity contribution in [1.29, 1.82) is 0 Å². The molecular formula is C27H25FN2O5. The van der Waals surface area contributed by atoms with Crippen LogP contribution in [0, 0.1) is 11.7 Å². The zero-order chi connectivity index (χ0) is 24.9. The number of hydrogen-bond donors (Lipinski definition) is 3. The van der Waals surface area contributed by atoms with Gasteiger partial charge in [0, 0.05) is 18.9 Å². The second-order valence-electron chi connectivity index (χ2n) is 8.56. The Kier molecular flexibility index (Phi) is 7.10. The largest absolute Gasteiger partial charge is 0.478 e. The van der Waals surface area contributed by atoms with Crippen LogP contribution in [0.4, 0.5) is 14.9 Å². The lowest BCUT2D eigenvalue weighted by Crippen LogP contribution is -2.31. The van der Waals surface area contributed by atoms with Gasteiger partial charge in [-0.1, -0.05) is 55.5 Å². The minimum Gasteiger partial charge on any atom is -0.478 e. The van der Waals surface area contributed by atoms with Crippen LogP contribution in [0.15, 0.2) is 66.7 Å². The van der Waals surface area contributed by atoms with E-state index in [2.05, 4.69) is 22.8 Å². The van der Waals surface area contributed by atoms with Gasteiger partial charge in [-0.05, 0) is 46.4 Å². The number of anilines is 1. The molecule has 0 saturated carbocycles. The standard InChI is InChI=1S/C27H25FN2O5/c1-16(12-25(31)30-24-11-10-17(26(32)33)13-23(24)28)14-29-27(34)35-15-22-20-8-4-2-6-18(20)19-7-3-5-9-21(19)22/h2-11,13,16,22H,12,14-15H2,1H3,(H,29,34)(H,30,31)(H,32,33). The Labute approximate surface area is 201 Å². The topological polar surface area (TPSA) is 105 Å². The molecule has 3 aromatic rings. The number of aromatic carboxylic acids is 1. The van der Waals surface area contributed by atoms with Crippen molar-refractivity contribution in [3.05, 3.63) is 89.2 Å². The minimum absolute atomic E-state index is 0.0315. The molecule has 3 aromatic carbocycles. The summed E-state index contributed by atoms with van der Waals surface area (Å²) in [4.78, 5) is 35.4. The highest BCUT2D eigenvalue weighted by Crippen LogP contribution is 2.44. The number of fused-ring (bicyclic) bond motifs is 3. The molecule has 8 heteroatoms. The highest BCUT2D eigenvalue weighted by molar-refractivity contribution is 5.92. The number of alkyl carbamates (subject to hydrolysis) is 1. The lowest BCUT2D eigenvalue weighted by molar-refractivity contribution is -0.117. The van der Waals surface area contributed by atoms with Gasteiger partial charge < -0.3 is 20.5 Å². The van der Waals surface area contributed by atoms with E-state index in [4.69, 9.17) is 9.84 Å². The van der Waals surface area contributed by atoms with E-state index in [1.165, 1.54) is 12.1 Å². The average Bonchev–Trinajstić information content (AvgIpc) is 3.16.